The summed E-state index contributed by atoms with van der Waals surface area (Å²) in [6, 6.07) is 1.93. The van der Waals surface area contributed by atoms with Gasteiger partial charge in [0.05, 0.1) is 6.42 Å². The van der Waals surface area contributed by atoms with Crippen molar-refractivity contribution in [1.29, 1.82) is 0 Å². The Hall–Kier alpha value is -1.25. The fourth-order valence-electron chi connectivity index (χ4n) is 1.09. The molecule has 1 aliphatic rings. The van der Waals surface area contributed by atoms with Crippen LogP contribution in [0.5, 0.6) is 0 Å². The molecule has 3 heteroatoms. The third kappa shape index (κ3) is 0.708. The van der Waals surface area contributed by atoms with Crippen LogP contribution in [0.4, 0.5) is 0 Å². The zero-order valence-corrected chi connectivity index (χ0v) is 5.39. The molecule has 0 atom stereocenters. The second-order valence-electron chi connectivity index (χ2n) is 2.32. The van der Waals surface area contributed by atoms with Gasteiger partial charge in [-0.05, 0) is 6.07 Å². The lowest BCUT2D eigenvalue weighted by Gasteiger charge is -2.10. The van der Waals surface area contributed by atoms with Gasteiger partial charge in [0.1, 0.15) is 6.61 Å². The molecule has 1 N–H and O–H groups in total. The van der Waals surface area contributed by atoms with Crippen LogP contribution in [0, 0.1) is 0 Å². The van der Waals surface area contributed by atoms with Crippen molar-refractivity contribution in [3.8, 4) is 0 Å². The highest BCUT2D eigenvalue weighted by molar-refractivity contribution is 5.73. The normalized spacial score (nSPS) is 16.2. The minimum Gasteiger partial charge on any atom is -0.460 e. The van der Waals surface area contributed by atoms with Gasteiger partial charge in [-0.2, -0.15) is 0 Å². The molecule has 0 aliphatic carbocycles. The Morgan fingerprint density at radius 2 is 2.50 bits per heavy atom. The first-order valence-electron chi connectivity index (χ1n) is 3.17. The molecule has 0 saturated carbocycles. The molecule has 52 valence electrons. The lowest BCUT2D eigenvalue weighted by Crippen LogP contribution is -2.15. The summed E-state index contributed by atoms with van der Waals surface area (Å²) in [5.41, 5.74) is 2.09. The maximum absolute atomic E-state index is 10.7. The number of ether oxygens (including phenoxy) is 1. The smallest absolute Gasteiger partial charge is 0.312 e. The summed E-state index contributed by atoms with van der Waals surface area (Å²) < 4.78 is 4.80. The second kappa shape index (κ2) is 1.87. The number of aromatic nitrogens is 1. The highest BCUT2D eigenvalue weighted by Crippen LogP contribution is 2.14. The first-order valence-corrected chi connectivity index (χ1v) is 3.17. The number of hydrogen-bond acceptors (Lipinski definition) is 2. The van der Waals surface area contributed by atoms with E-state index in [9.17, 15) is 4.79 Å². The lowest BCUT2D eigenvalue weighted by atomic mass is 10.2. The molecule has 0 aromatic carbocycles. The van der Waals surface area contributed by atoms with E-state index in [4.69, 9.17) is 4.74 Å². The van der Waals surface area contributed by atoms with Crippen molar-refractivity contribution in [2.45, 2.75) is 13.0 Å². The molecule has 0 unspecified atom stereocenters. The average molecular weight is 137 g/mol. The van der Waals surface area contributed by atoms with E-state index in [0.29, 0.717) is 13.0 Å². The van der Waals surface area contributed by atoms with E-state index in [1.807, 2.05) is 12.3 Å². The van der Waals surface area contributed by atoms with E-state index in [1.54, 1.807) is 0 Å². The highest BCUT2D eigenvalue weighted by Gasteiger charge is 2.16. The number of nitrogens with one attached hydrogen (secondary N) is 1. The van der Waals surface area contributed by atoms with E-state index in [0.717, 1.165) is 11.3 Å². The zero-order chi connectivity index (χ0) is 6.97. The largest absolute Gasteiger partial charge is 0.460 e. The summed E-state index contributed by atoms with van der Waals surface area (Å²) in [7, 11) is 0. The van der Waals surface area contributed by atoms with Crippen LogP contribution in [0.1, 0.15) is 11.3 Å². The molecule has 2 rings (SSSR count). The van der Waals surface area contributed by atoms with Gasteiger partial charge in [0.15, 0.2) is 0 Å². The molecule has 0 saturated heterocycles. The van der Waals surface area contributed by atoms with Crippen LogP contribution in [0.3, 0.4) is 0 Å². The summed E-state index contributed by atoms with van der Waals surface area (Å²) >= 11 is 0. The molecule has 1 aromatic rings. The number of fused-ring (bicyclic) bond motifs is 1. The Morgan fingerprint density at radius 1 is 1.60 bits per heavy atom. The van der Waals surface area contributed by atoms with Gasteiger partial charge in [0, 0.05) is 17.5 Å². The maximum atomic E-state index is 10.7. The maximum Gasteiger partial charge on any atom is 0.312 e. The third-order valence-corrected chi connectivity index (χ3v) is 1.64. The summed E-state index contributed by atoms with van der Waals surface area (Å²) in [5.74, 6) is -0.144. The molecule has 0 spiro atoms. The van der Waals surface area contributed by atoms with Crippen molar-refractivity contribution in [1.82, 2.24) is 4.98 Å². The van der Waals surface area contributed by atoms with E-state index >= 15 is 0 Å². The molecular formula is C7H7NO2. The molecule has 10 heavy (non-hydrogen) atoms. The number of cyclic esters (lactones) is 1. The number of rotatable bonds is 0. The average Bonchev–Trinajstić information content (AvgIpc) is 2.33. The minimum atomic E-state index is -0.144. The Bertz CT molecular complexity index is 264. The van der Waals surface area contributed by atoms with Gasteiger partial charge in [0.25, 0.3) is 0 Å². The molecule has 0 fully saturated rings. The fourth-order valence-corrected chi connectivity index (χ4v) is 1.09. The van der Waals surface area contributed by atoms with Crippen LogP contribution in [0.25, 0.3) is 0 Å². The molecule has 0 bridgehead atoms. The molecule has 2 heterocycles. The summed E-state index contributed by atoms with van der Waals surface area (Å²) in [5, 5.41) is 0. The van der Waals surface area contributed by atoms with Gasteiger partial charge in [-0.15, -0.1) is 0 Å². The lowest BCUT2D eigenvalue weighted by molar-refractivity contribution is -0.145. The Morgan fingerprint density at radius 3 is 3.40 bits per heavy atom. The number of H-pyrrole nitrogens is 1. The molecule has 0 radical (unpaired) electrons. The molecule has 0 amide bonds. The van der Waals surface area contributed by atoms with Gasteiger partial charge in [0.2, 0.25) is 0 Å². The minimum absolute atomic E-state index is 0.144. The first kappa shape index (κ1) is 5.53. The number of hydrogen-bond donors (Lipinski definition) is 1. The van der Waals surface area contributed by atoms with E-state index in [1.165, 1.54) is 0 Å². The molecule has 1 aliphatic heterocycles. The van der Waals surface area contributed by atoms with Gasteiger partial charge < -0.3 is 9.72 Å². The van der Waals surface area contributed by atoms with Crippen LogP contribution in [-0.4, -0.2) is 11.0 Å². The van der Waals surface area contributed by atoms with Crippen LogP contribution in [0.2, 0.25) is 0 Å². The first-order chi connectivity index (χ1) is 4.86. The number of carbonyl (C=O) groups is 1. The summed E-state index contributed by atoms with van der Waals surface area (Å²) in [4.78, 5) is 13.7. The SMILES string of the molecule is O=C1Cc2[nH]ccc2CO1. The van der Waals surface area contributed by atoms with Gasteiger partial charge >= 0.3 is 5.97 Å². The fraction of sp³-hybridized carbons (Fsp3) is 0.286. The molecule has 3 nitrogen and oxygen atoms in total. The van der Waals surface area contributed by atoms with Crippen molar-refractivity contribution >= 4 is 5.97 Å². The number of carbonyl (C=O) groups excluding carboxylic acids is 1. The standard InChI is InChI=1S/C7H7NO2/c9-7-3-6-5(4-10-7)1-2-8-6/h1-2,8H,3-4H2. The Balaban J connectivity index is 2.39. The van der Waals surface area contributed by atoms with Crippen LogP contribution >= 0.6 is 0 Å². The van der Waals surface area contributed by atoms with Crippen molar-refractivity contribution in [2.24, 2.45) is 0 Å². The second-order valence-corrected chi connectivity index (χ2v) is 2.32. The Kier molecular flexibility index (Phi) is 1.03. The summed E-state index contributed by atoms with van der Waals surface area (Å²) in [6.45, 7) is 0.428. The van der Waals surface area contributed by atoms with E-state index in [2.05, 4.69) is 4.98 Å². The number of esters is 1. The van der Waals surface area contributed by atoms with Gasteiger partial charge in [-0.25, -0.2) is 0 Å². The topological polar surface area (TPSA) is 42.1 Å². The molecule has 1 aromatic heterocycles. The zero-order valence-electron chi connectivity index (χ0n) is 5.39. The monoisotopic (exact) mass is 137 g/mol. The quantitative estimate of drug-likeness (QED) is 0.532. The summed E-state index contributed by atoms with van der Waals surface area (Å²) in [6.07, 6.45) is 2.22. The molecular weight excluding hydrogens is 130 g/mol. The highest BCUT2D eigenvalue weighted by atomic mass is 16.5. The third-order valence-electron chi connectivity index (χ3n) is 1.64. The van der Waals surface area contributed by atoms with E-state index < -0.39 is 0 Å². The van der Waals surface area contributed by atoms with Crippen LogP contribution in [0.15, 0.2) is 12.3 Å². The van der Waals surface area contributed by atoms with Crippen LogP contribution < -0.4 is 0 Å². The van der Waals surface area contributed by atoms with Crippen molar-refractivity contribution < 1.29 is 9.53 Å². The predicted octanol–water partition coefficient (Wildman–Crippen LogP) is 0.614. The van der Waals surface area contributed by atoms with Gasteiger partial charge in [-0.3, -0.25) is 4.79 Å². The van der Waals surface area contributed by atoms with Crippen molar-refractivity contribution in [2.75, 3.05) is 0 Å². The Labute approximate surface area is 58.0 Å². The van der Waals surface area contributed by atoms with Crippen molar-refractivity contribution in [3.63, 3.8) is 0 Å². The predicted molar refractivity (Wildman–Crippen MR) is 34.3 cm³/mol. The van der Waals surface area contributed by atoms with E-state index in [-0.39, 0.29) is 5.97 Å². The van der Waals surface area contributed by atoms with Crippen molar-refractivity contribution in [3.05, 3.63) is 23.5 Å². The van der Waals surface area contributed by atoms with Crippen LogP contribution in [-0.2, 0) is 22.6 Å². The van der Waals surface area contributed by atoms with Gasteiger partial charge in [-0.1, -0.05) is 0 Å². The number of aromatic amines is 1.